The number of carbonyl (C=O) groups excluding carboxylic acids is 1. The van der Waals surface area contributed by atoms with E-state index < -0.39 is 4.92 Å². The van der Waals surface area contributed by atoms with Gasteiger partial charge in [0.05, 0.1) is 15.5 Å². The second-order valence-electron chi connectivity index (χ2n) is 6.78. The number of nitrogens with one attached hydrogen (secondary N) is 1. The van der Waals surface area contributed by atoms with Crippen molar-refractivity contribution in [1.82, 2.24) is 5.32 Å². The fraction of sp³-hybridized carbons (Fsp3) is 0.0909. The Bertz CT molecular complexity index is 1210. The Morgan fingerprint density at radius 3 is 2.60 bits per heavy atom. The first-order valence-corrected chi connectivity index (χ1v) is 9.92. The highest BCUT2D eigenvalue weighted by atomic mass is 32.2. The summed E-state index contributed by atoms with van der Waals surface area (Å²) in [4.78, 5) is 27.7. The number of aryl methyl sites for hydroxylation is 2. The van der Waals surface area contributed by atoms with Gasteiger partial charge in [-0.3, -0.25) is 14.9 Å². The van der Waals surface area contributed by atoms with Crippen molar-refractivity contribution in [3.05, 3.63) is 86.5 Å². The average Bonchev–Trinajstić information content (AvgIpc) is 3.32. The van der Waals surface area contributed by atoms with Crippen LogP contribution in [0.3, 0.4) is 0 Å². The number of amides is 1. The van der Waals surface area contributed by atoms with Gasteiger partial charge in [-0.25, -0.2) is 4.99 Å². The second-order valence-corrected chi connectivity index (χ2v) is 7.81. The van der Waals surface area contributed by atoms with E-state index in [-0.39, 0.29) is 11.6 Å². The molecule has 2 aromatic carbocycles. The standard InChI is InChI=1S/C22H17N3O4S/c1-13-3-4-14(2)18(11-13)23-22-24-21(26)20(30-22)12-17-9-10-19(29-17)15-5-7-16(8-6-15)25(27)28/h3-12H,1-2H3,(H,23,24,26). The molecule has 8 heteroatoms. The average molecular weight is 419 g/mol. The maximum Gasteiger partial charge on any atom is 0.269 e. The van der Waals surface area contributed by atoms with Crippen LogP contribution < -0.4 is 5.32 Å². The third-order valence-corrected chi connectivity index (χ3v) is 5.41. The van der Waals surface area contributed by atoms with Gasteiger partial charge in [-0.15, -0.1) is 0 Å². The lowest BCUT2D eigenvalue weighted by atomic mass is 10.1. The maximum absolute atomic E-state index is 12.3. The summed E-state index contributed by atoms with van der Waals surface area (Å²) >= 11 is 1.25. The minimum absolute atomic E-state index is 0.0161. The number of furan rings is 1. The van der Waals surface area contributed by atoms with Crippen molar-refractivity contribution < 1.29 is 14.1 Å². The van der Waals surface area contributed by atoms with Gasteiger partial charge in [0.2, 0.25) is 0 Å². The van der Waals surface area contributed by atoms with Crippen LogP contribution in [0.25, 0.3) is 17.4 Å². The predicted molar refractivity (Wildman–Crippen MR) is 118 cm³/mol. The van der Waals surface area contributed by atoms with E-state index in [1.165, 1.54) is 23.9 Å². The van der Waals surface area contributed by atoms with E-state index in [9.17, 15) is 14.9 Å². The highest BCUT2D eigenvalue weighted by molar-refractivity contribution is 8.18. The third kappa shape index (κ3) is 4.18. The number of nitrogens with zero attached hydrogens (tertiary/aromatic N) is 2. The van der Waals surface area contributed by atoms with Crippen LogP contribution in [0.4, 0.5) is 11.4 Å². The summed E-state index contributed by atoms with van der Waals surface area (Å²) in [6, 6.07) is 15.6. The molecule has 1 amide bonds. The number of non-ortho nitro benzene ring substituents is 1. The van der Waals surface area contributed by atoms with Crippen molar-refractivity contribution in [2.75, 3.05) is 0 Å². The van der Waals surface area contributed by atoms with E-state index in [1.54, 1.807) is 30.3 Å². The van der Waals surface area contributed by atoms with Crippen LogP contribution in [-0.2, 0) is 4.79 Å². The van der Waals surface area contributed by atoms with Crippen molar-refractivity contribution in [3.63, 3.8) is 0 Å². The quantitative estimate of drug-likeness (QED) is 0.349. The minimum atomic E-state index is -0.449. The van der Waals surface area contributed by atoms with Gasteiger partial charge in [0.25, 0.3) is 11.6 Å². The number of thioether (sulfide) groups is 1. The van der Waals surface area contributed by atoms with Gasteiger partial charge < -0.3 is 9.73 Å². The molecule has 0 bridgehead atoms. The third-order valence-electron chi connectivity index (χ3n) is 4.50. The molecular weight excluding hydrogens is 402 g/mol. The first kappa shape index (κ1) is 19.7. The molecule has 1 saturated heterocycles. The lowest BCUT2D eigenvalue weighted by Crippen LogP contribution is -2.19. The van der Waals surface area contributed by atoms with Crippen LogP contribution in [-0.4, -0.2) is 16.0 Å². The lowest BCUT2D eigenvalue weighted by Gasteiger charge is -2.02. The van der Waals surface area contributed by atoms with Crippen LogP contribution in [0.15, 0.2) is 68.9 Å². The number of aliphatic imine (C=N–C) groups is 1. The van der Waals surface area contributed by atoms with Crippen molar-refractivity contribution in [2.24, 2.45) is 4.99 Å². The molecule has 2 heterocycles. The summed E-state index contributed by atoms with van der Waals surface area (Å²) in [7, 11) is 0. The maximum atomic E-state index is 12.3. The smallest absolute Gasteiger partial charge is 0.269 e. The van der Waals surface area contributed by atoms with Gasteiger partial charge in [0.1, 0.15) is 11.5 Å². The molecule has 1 aliphatic rings. The van der Waals surface area contributed by atoms with Gasteiger partial charge in [0, 0.05) is 23.8 Å². The second kappa shape index (κ2) is 8.00. The summed E-state index contributed by atoms with van der Waals surface area (Å²) in [5.74, 6) is 0.829. The Kier molecular flexibility index (Phi) is 5.24. The first-order valence-electron chi connectivity index (χ1n) is 9.10. The zero-order valence-electron chi connectivity index (χ0n) is 16.2. The van der Waals surface area contributed by atoms with Gasteiger partial charge in [-0.1, -0.05) is 12.1 Å². The Labute approximate surface area is 176 Å². The number of benzene rings is 2. The van der Waals surface area contributed by atoms with E-state index in [0.717, 1.165) is 16.8 Å². The SMILES string of the molecule is Cc1ccc(C)c(N=C2NC(=O)C(=Cc3ccc(-c4ccc([N+](=O)[O-])cc4)o3)S2)c1. The molecule has 0 unspecified atom stereocenters. The summed E-state index contributed by atoms with van der Waals surface area (Å²) in [6.07, 6.45) is 1.65. The summed E-state index contributed by atoms with van der Waals surface area (Å²) < 4.78 is 5.79. The van der Waals surface area contributed by atoms with Crippen molar-refractivity contribution in [3.8, 4) is 11.3 Å². The largest absolute Gasteiger partial charge is 0.457 e. The van der Waals surface area contributed by atoms with Crippen molar-refractivity contribution >= 4 is 40.3 Å². The molecule has 3 aromatic rings. The molecule has 0 radical (unpaired) electrons. The van der Waals surface area contributed by atoms with Crippen molar-refractivity contribution in [1.29, 1.82) is 0 Å². The topological polar surface area (TPSA) is 97.7 Å². The number of nitro benzene ring substituents is 1. The van der Waals surface area contributed by atoms with Crippen molar-refractivity contribution in [2.45, 2.75) is 13.8 Å². The first-order chi connectivity index (χ1) is 14.4. The van der Waals surface area contributed by atoms with Crippen LogP contribution in [0.5, 0.6) is 0 Å². The number of amidine groups is 1. The van der Waals surface area contributed by atoms with E-state index in [1.807, 2.05) is 32.0 Å². The van der Waals surface area contributed by atoms with Crippen LogP contribution in [0.2, 0.25) is 0 Å². The molecule has 1 N–H and O–H groups in total. The van der Waals surface area contributed by atoms with E-state index in [4.69, 9.17) is 4.42 Å². The van der Waals surface area contributed by atoms with E-state index in [0.29, 0.717) is 27.2 Å². The van der Waals surface area contributed by atoms with E-state index >= 15 is 0 Å². The fourth-order valence-electron chi connectivity index (χ4n) is 2.89. The number of rotatable bonds is 4. The molecule has 0 aliphatic carbocycles. The normalized spacial score (nSPS) is 16.3. The summed E-state index contributed by atoms with van der Waals surface area (Å²) in [6.45, 7) is 3.97. The Morgan fingerprint density at radius 1 is 1.10 bits per heavy atom. The lowest BCUT2D eigenvalue weighted by molar-refractivity contribution is -0.384. The number of hydrogen-bond donors (Lipinski definition) is 1. The molecule has 1 aromatic heterocycles. The van der Waals surface area contributed by atoms with Gasteiger partial charge in [-0.05, 0) is 67.1 Å². The molecule has 1 aliphatic heterocycles. The van der Waals surface area contributed by atoms with Gasteiger partial charge >= 0.3 is 0 Å². The molecule has 30 heavy (non-hydrogen) atoms. The molecule has 0 atom stereocenters. The Balaban J connectivity index is 1.54. The summed E-state index contributed by atoms with van der Waals surface area (Å²) in [5, 5.41) is 14.1. The van der Waals surface area contributed by atoms with Gasteiger partial charge in [0.15, 0.2) is 5.17 Å². The number of nitro groups is 1. The van der Waals surface area contributed by atoms with Crippen LogP contribution >= 0.6 is 11.8 Å². The molecule has 1 fully saturated rings. The molecule has 150 valence electrons. The van der Waals surface area contributed by atoms with Crippen LogP contribution in [0.1, 0.15) is 16.9 Å². The molecule has 4 rings (SSSR count). The zero-order chi connectivity index (χ0) is 21.3. The highest BCUT2D eigenvalue weighted by Gasteiger charge is 2.24. The minimum Gasteiger partial charge on any atom is -0.457 e. The summed E-state index contributed by atoms with van der Waals surface area (Å²) in [5.41, 5.74) is 3.67. The zero-order valence-corrected chi connectivity index (χ0v) is 17.0. The number of hydrogen-bond acceptors (Lipinski definition) is 6. The monoisotopic (exact) mass is 419 g/mol. The molecule has 0 spiro atoms. The predicted octanol–water partition coefficient (Wildman–Crippen LogP) is 5.36. The van der Waals surface area contributed by atoms with Crippen LogP contribution in [0, 0.1) is 24.0 Å². The molecule has 0 saturated carbocycles. The Morgan fingerprint density at radius 2 is 1.87 bits per heavy atom. The highest BCUT2D eigenvalue weighted by Crippen LogP contribution is 2.31. The molecular formula is C22H17N3O4S. The van der Waals surface area contributed by atoms with Gasteiger partial charge in [-0.2, -0.15) is 0 Å². The number of carbonyl (C=O) groups is 1. The van der Waals surface area contributed by atoms with E-state index in [2.05, 4.69) is 10.3 Å². The molecule has 7 nitrogen and oxygen atoms in total. The fourth-order valence-corrected chi connectivity index (χ4v) is 3.71. The Hall–Kier alpha value is -3.65.